The number of carboxylic acids is 1. The van der Waals surface area contributed by atoms with Crippen LogP contribution < -0.4 is 21.0 Å². The Labute approximate surface area is 226 Å². The van der Waals surface area contributed by atoms with Gasteiger partial charge < -0.3 is 46.3 Å². The van der Waals surface area contributed by atoms with Gasteiger partial charge in [0.25, 0.3) is 5.91 Å². The maximum absolute atomic E-state index is 13.4. The van der Waals surface area contributed by atoms with E-state index in [-0.39, 0.29) is 47.2 Å². The molecule has 1 aromatic carbocycles. The molecule has 0 saturated carbocycles. The minimum atomic E-state index is -1.74. The van der Waals surface area contributed by atoms with Crippen molar-refractivity contribution < 1.29 is 44.2 Å². The molecule has 2 unspecified atom stereocenters. The quantitative estimate of drug-likeness (QED) is 0.188. The fourth-order valence-corrected chi connectivity index (χ4v) is 5.04. The number of hydrogen-bond acceptors (Lipinski definition) is 11. The van der Waals surface area contributed by atoms with E-state index in [9.17, 15) is 39.5 Å². The molecule has 208 valence electrons. The highest BCUT2D eigenvalue weighted by atomic mass is 32.1. The first kappa shape index (κ1) is 28.1. The number of aromatic carboxylic acids is 1. The summed E-state index contributed by atoms with van der Waals surface area (Å²) in [6, 6.07) is 0.616. The number of anilines is 1. The van der Waals surface area contributed by atoms with Crippen LogP contribution >= 0.6 is 11.3 Å². The van der Waals surface area contributed by atoms with Gasteiger partial charge in [0.15, 0.2) is 11.2 Å². The second-order valence-electron chi connectivity index (χ2n) is 8.86. The summed E-state index contributed by atoms with van der Waals surface area (Å²) in [5, 5.41) is 46.6. The number of hydrogen-bond donors (Lipinski definition) is 7. The molecule has 4 rings (SSSR count). The topological polar surface area (TPSA) is 228 Å². The third kappa shape index (κ3) is 5.61. The first-order chi connectivity index (χ1) is 18.5. The third-order valence-electron chi connectivity index (χ3n) is 6.51. The molecule has 0 spiro atoms. The number of nitrogens with one attached hydrogen (secondary N) is 2. The predicted molar refractivity (Wildman–Crippen MR) is 136 cm³/mol. The second kappa shape index (κ2) is 11.4. The number of carbonyl (C=O) groups is 4. The zero-order valence-electron chi connectivity index (χ0n) is 20.7. The number of thiazole rings is 1. The minimum absolute atomic E-state index is 0.0217. The molecule has 2 aliphatic rings. The highest BCUT2D eigenvalue weighted by Crippen LogP contribution is 2.33. The van der Waals surface area contributed by atoms with Crippen molar-refractivity contribution >= 4 is 47.4 Å². The fourth-order valence-electron chi connectivity index (χ4n) is 4.45. The van der Waals surface area contributed by atoms with E-state index in [4.69, 9.17) is 10.4 Å². The van der Waals surface area contributed by atoms with Crippen molar-refractivity contribution in [2.75, 3.05) is 25.4 Å². The number of carbonyl (C=O) groups excluding carboxylic acids is 3. The average molecular weight is 562 g/mol. The van der Waals surface area contributed by atoms with Gasteiger partial charge in [0.1, 0.15) is 11.3 Å². The number of aliphatic hydroxyl groups is 2. The van der Waals surface area contributed by atoms with Crippen LogP contribution in [0.15, 0.2) is 17.5 Å². The van der Waals surface area contributed by atoms with Gasteiger partial charge in [-0.25, -0.2) is 14.6 Å². The van der Waals surface area contributed by atoms with E-state index >= 15 is 0 Å². The van der Waals surface area contributed by atoms with Crippen molar-refractivity contribution in [3.8, 4) is 5.75 Å². The summed E-state index contributed by atoms with van der Waals surface area (Å²) in [4.78, 5) is 56.8. The first-order valence-corrected chi connectivity index (χ1v) is 12.8. The minimum Gasteiger partial charge on any atom is -0.534 e. The van der Waals surface area contributed by atoms with Crippen LogP contribution in [0.1, 0.15) is 40.1 Å². The second-order valence-corrected chi connectivity index (χ2v) is 9.75. The van der Waals surface area contributed by atoms with Crippen molar-refractivity contribution in [3.05, 3.63) is 39.9 Å². The largest absolute Gasteiger partial charge is 0.547 e. The Morgan fingerprint density at radius 2 is 2.08 bits per heavy atom. The number of fused-ring (bicyclic) bond motifs is 1. The average Bonchev–Trinajstić information content (AvgIpc) is 3.33. The van der Waals surface area contributed by atoms with E-state index in [1.807, 2.05) is 0 Å². The van der Waals surface area contributed by atoms with Crippen molar-refractivity contribution in [2.24, 2.45) is 0 Å². The first-order valence-electron chi connectivity index (χ1n) is 11.9. The molecule has 0 radical (unpaired) electrons. The lowest BCUT2D eigenvalue weighted by atomic mass is 9.72. The van der Waals surface area contributed by atoms with Crippen LogP contribution in [0.4, 0.5) is 9.93 Å². The lowest BCUT2D eigenvalue weighted by molar-refractivity contribution is -0.153. The molecule has 39 heavy (non-hydrogen) atoms. The standard InChI is InChI=1S/C22H27BN6O9S/c1-2-28-5-6-29(19(33)18(28)32)22(36)27-15(12-9-39-21(24)25-12)17(31)26-13-7-10-3-4-11(8-30)14(20(34)35)16(10)38-23(13)37/h3-4,9,13,15,19,30,33,37H,2,5-8H2,1H3,(H2,24,25)(H,26,31)(H,27,36)(H,34,35)/t13-,15?,19?/m0/s1. The monoisotopic (exact) mass is 562 g/mol. The third-order valence-corrected chi connectivity index (χ3v) is 7.20. The Kier molecular flexibility index (Phi) is 8.24. The van der Waals surface area contributed by atoms with Crippen LogP contribution in [0.2, 0.25) is 0 Å². The summed E-state index contributed by atoms with van der Waals surface area (Å²) < 4.78 is 5.44. The summed E-state index contributed by atoms with van der Waals surface area (Å²) >= 11 is 1.02. The Morgan fingerprint density at radius 3 is 2.69 bits per heavy atom. The van der Waals surface area contributed by atoms with E-state index in [0.29, 0.717) is 12.1 Å². The van der Waals surface area contributed by atoms with Crippen LogP contribution in [-0.2, 0) is 22.6 Å². The number of carboxylic acid groups (broad SMARTS) is 1. The van der Waals surface area contributed by atoms with E-state index in [1.165, 1.54) is 22.4 Å². The Morgan fingerprint density at radius 1 is 1.33 bits per heavy atom. The maximum Gasteiger partial charge on any atom is 0.547 e. The molecule has 2 aromatic rings. The van der Waals surface area contributed by atoms with E-state index < -0.39 is 55.8 Å². The molecule has 1 aromatic heterocycles. The lowest BCUT2D eigenvalue weighted by Gasteiger charge is -2.38. The van der Waals surface area contributed by atoms with Gasteiger partial charge in [0.2, 0.25) is 12.1 Å². The van der Waals surface area contributed by atoms with Gasteiger partial charge >= 0.3 is 19.1 Å². The van der Waals surface area contributed by atoms with Gasteiger partial charge in [-0.2, -0.15) is 0 Å². The van der Waals surface area contributed by atoms with Crippen LogP contribution in [-0.4, -0.2) is 97.9 Å². The number of nitrogens with two attached hydrogens (primary N) is 1. The molecule has 8 N–H and O–H groups in total. The number of likely N-dealkylation sites (N-methyl/N-ethyl adjacent to an activating group) is 1. The molecule has 3 atom stereocenters. The fraction of sp³-hybridized carbons (Fsp3) is 0.409. The number of aliphatic hydroxyl groups excluding tert-OH is 2. The zero-order valence-corrected chi connectivity index (χ0v) is 21.6. The number of urea groups is 1. The number of piperazine rings is 1. The van der Waals surface area contributed by atoms with Crippen LogP contribution in [0, 0.1) is 0 Å². The molecule has 1 saturated heterocycles. The molecular weight excluding hydrogens is 535 g/mol. The Hall–Kier alpha value is -3.93. The summed E-state index contributed by atoms with van der Waals surface area (Å²) in [7, 11) is -1.66. The molecule has 0 aliphatic carbocycles. The summed E-state index contributed by atoms with van der Waals surface area (Å²) in [5.41, 5.74) is 5.98. The van der Waals surface area contributed by atoms with Gasteiger partial charge in [0.05, 0.1) is 18.2 Å². The summed E-state index contributed by atoms with van der Waals surface area (Å²) in [6.45, 7) is 1.76. The van der Waals surface area contributed by atoms with Crippen molar-refractivity contribution in [2.45, 2.75) is 38.2 Å². The SMILES string of the molecule is CCN1CCN(C(=O)NC(C(=O)N[C@H]2Cc3ccc(CO)c(C(=O)O)c3OB2O)c2csc(N)n2)C(O)C1=O. The van der Waals surface area contributed by atoms with Gasteiger partial charge in [-0.15, -0.1) is 11.3 Å². The van der Waals surface area contributed by atoms with Crippen LogP contribution in [0.5, 0.6) is 5.75 Å². The summed E-state index contributed by atoms with van der Waals surface area (Å²) in [5.74, 6) is -3.97. The molecule has 3 heterocycles. The van der Waals surface area contributed by atoms with Crippen LogP contribution in [0.25, 0.3) is 0 Å². The Balaban J connectivity index is 1.54. The number of rotatable bonds is 7. The van der Waals surface area contributed by atoms with Crippen molar-refractivity contribution in [1.29, 1.82) is 0 Å². The number of amides is 4. The highest BCUT2D eigenvalue weighted by molar-refractivity contribution is 7.13. The predicted octanol–water partition coefficient (Wildman–Crippen LogP) is -1.71. The summed E-state index contributed by atoms with van der Waals surface area (Å²) in [6.07, 6.45) is -1.76. The van der Waals surface area contributed by atoms with Gasteiger partial charge in [0, 0.05) is 25.0 Å². The van der Waals surface area contributed by atoms with Gasteiger partial charge in [-0.3, -0.25) is 14.5 Å². The van der Waals surface area contributed by atoms with Gasteiger partial charge in [-0.05, 0) is 24.5 Å². The maximum atomic E-state index is 13.4. The van der Waals surface area contributed by atoms with Crippen LogP contribution in [0.3, 0.4) is 0 Å². The molecule has 0 bridgehead atoms. The zero-order chi connectivity index (χ0) is 28.4. The van der Waals surface area contributed by atoms with E-state index in [2.05, 4.69) is 15.6 Å². The van der Waals surface area contributed by atoms with Crippen molar-refractivity contribution in [3.63, 3.8) is 0 Å². The number of nitrogens with zero attached hydrogens (tertiary/aromatic N) is 3. The number of nitrogen functional groups attached to an aromatic ring is 1. The molecule has 1 fully saturated rings. The Bertz CT molecular complexity index is 1290. The molecule has 17 heteroatoms. The molecule has 2 aliphatic heterocycles. The lowest BCUT2D eigenvalue weighted by Crippen LogP contribution is -2.61. The van der Waals surface area contributed by atoms with Crippen molar-refractivity contribution in [1.82, 2.24) is 25.4 Å². The number of benzene rings is 1. The molecule has 15 nitrogen and oxygen atoms in total. The smallest absolute Gasteiger partial charge is 0.534 e. The van der Waals surface area contributed by atoms with Gasteiger partial charge in [-0.1, -0.05) is 12.1 Å². The molecule has 4 amide bonds. The molecular formula is C22H27BN6O9S. The van der Waals surface area contributed by atoms with E-state index in [1.54, 1.807) is 6.92 Å². The normalized spacial score (nSPS) is 19.7. The van der Waals surface area contributed by atoms with E-state index in [0.717, 1.165) is 16.2 Å². The highest BCUT2D eigenvalue weighted by Gasteiger charge is 2.41. The number of aromatic nitrogens is 1.